The molecular formula is C27H31N3O2. The van der Waals surface area contributed by atoms with Crippen LogP contribution in [0.4, 0.5) is 5.82 Å². The van der Waals surface area contributed by atoms with E-state index < -0.39 is 0 Å². The smallest absolute Gasteiger partial charge is 0.342 e. The topological polar surface area (TPSA) is 45.7 Å². The summed E-state index contributed by atoms with van der Waals surface area (Å²) in [4.78, 5) is 21.6. The van der Waals surface area contributed by atoms with E-state index in [-0.39, 0.29) is 12.1 Å². The van der Waals surface area contributed by atoms with Crippen LogP contribution in [0.5, 0.6) is 0 Å². The summed E-state index contributed by atoms with van der Waals surface area (Å²) in [6, 6.07) is 23.1. The van der Waals surface area contributed by atoms with Gasteiger partial charge in [-0.25, -0.2) is 9.78 Å². The molecular weight excluding hydrogens is 398 g/mol. The van der Waals surface area contributed by atoms with E-state index in [9.17, 15) is 4.79 Å². The Kier molecular flexibility index (Phi) is 7.17. The minimum Gasteiger partial charge on any atom is -0.459 e. The monoisotopic (exact) mass is 429 g/mol. The number of carbonyl (C=O) groups is 1. The van der Waals surface area contributed by atoms with Gasteiger partial charge < -0.3 is 9.64 Å². The van der Waals surface area contributed by atoms with Crippen LogP contribution in [0.2, 0.25) is 0 Å². The third-order valence-electron chi connectivity index (χ3n) is 5.70. The zero-order valence-corrected chi connectivity index (χ0v) is 18.9. The fraction of sp³-hybridized carbons (Fsp3) is 0.333. The second-order valence-electron chi connectivity index (χ2n) is 8.57. The van der Waals surface area contributed by atoms with E-state index in [1.807, 2.05) is 13.8 Å². The SMILES string of the molecule is CC(C)OC(=O)c1cccnc1N1CCN(Cc2ccc(Cc3ccccc3)cc2)CC1. The molecule has 2 heterocycles. The molecule has 0 unspecified atom stereocenters. The molecule has 0 bridgehead atoms. The van der Waals surface area contributed by atoms with Gasteiger partial charge >= 0.3 is 5.97 Å². The highest BCUT2D eigenvalue weighted by atomic mass is 16.5. The molecule has 1 saturated heterocycles. The normalized spacial score (nSPS) is 14.5. The first-order chi connectivity index (χ1) is 15.6. The highest BCUT2D eigenvalue weighted by molar-refractivity contribution is 5.94. The van der Waals surface area contributed by atoms with Crippen LogP contribution < -0.4 is 4.90 Å². The molecule has 32 heavy (non-hydrogen) atoms. The number of anilines is 1. The van der Waals surface area contributed by atoms with Crippen LogP contribution in [0.1, 0.15) is 40.9 Å². The first-order valence-electron chi connectivity index (χ1n) is 11.3. The molecule has 0 spiro atoms. The van der Waals surface area contributed by atoms with Crippen molar-refractivity contribution < 1.29 is 9.53 Å². The number of hydrogen-bond acceptors (Lipinski definition) is 5. The Hall–Kier alpha value is -3.18. The van der Waals surface area contributed by atoms with Gasteiger partial charge in [0.1, 0.15) is 11.4 Å². The first kappa shape index (κ1) is 22.0. The quantitative estimate of drug-likeness (QED) is 0.515. The zero-order valence-electron chi connectivity index (χ0n) is 18.9. The van der Waals surface area contributed by atoms with Crippen molar-refractivity contribution >= 4 is 11.8 Å². The maximum atomic E-state index is 12.5. The number of rotatable bonds is 7. The largest absolute Gasteiger partial charge is 0.459 e. The highest BCUT2D eigenvalue weighted by Crippen LogP contribution is 2.21. The zero-order chi connectivity index (χ0) is 22.3. The highest BCUT2D eigenvalue weighted by Gasteiger charge is 2.23. The number of benzene rings is 2. The maximum absolute atomic E-state index is 12.5. The van der Waals surface area contributed by atoms with Crippen LogP contribution in [0, 0.1) is 0 Å². The summed E-state index contributed by atoms with van der Waals surface area (Å²) in [7, 11) is 0. The van der Waals surface area contributed by atoms with Gasteiger partial charge in [0, 0.05) is 38.9 Å². The summed E-state index contributed by atoms with van der Waals surface area (Å²) in [6.07, 6.45) is 2.56. The van der Waals surface area contributed by atoms with Gasteiger partial charge in [-0.05, 0) is 49.1 Å². The number of ether oxygens (including phenoxy) is 1. The summed E-state index contributed by atoms with van der Waals surface area (Å²) in [6.45, 7) is 8.20. The molecule has 0 aliphatic carbocycles. The minimum absolute atomic E-state index is 0.147. The molecule has 3 aromatic rings. The molecule has 0 radical (unpaired) electrons. The Morgan fingerprint density at radius 1 is 0.875 bits per heavy atom. The van der Waals surface area contributed by atoms with Gasteiger partial charge in [0.15, 0.2) is 0 Å². The molecule has 4 rings (SSSR count). The maximum Gasteiger partial charge on any atom is 0.342 e. The van der Waals surface area contributed by atoms with Crippen molar-refractivity contribution in [3.63, 3.8) is 0 Å². The van der Waals surface area contributed by atoms with E-state index in [1.165, 1.54) is 16.7 Å². The Labute approximate surface area is 190 Å². The first-order valence-corrected chi connectivity index (χ1v) is 11.3. The van der Waals surface area contributed by atoms with Crippen molar-refractivity contribution in [2.75, 3.05) is 31.1 Å². The van der Waals surface area contributed by atoms with E-state index >= 15 is 0 Å². The van der Waals surface area contributed by atoms with Gasteiger partial charge in [0.2, 0.25) is 0 Å². The molecule has 0 amide bonds. The number of pyridine rings is 1. The molecule has 166 valence electrons. The third kappa shape index (κ3) is 5.74. The lowest BCUT2D eigenvalue weighted by atomic mass is 10.0. The number of aromatic nitrogens is 1. The average molecular weight is 430 g/mol. The summed E-state index contributed by atoms with van der Waals surface area (Å²) < 4.78 is 5.40. The van der Waals surface area contributed by atoms with E-state index in [1.54, 1.807) is 18.3 Å². The number of nitrogens with zero attached hydrogens (tertiary/aromatic N) is 3. The molecule has 2 aromatic carbocycles. The summed E-state index contributed by atoms with van der Waals surface area (Å²) >= 11 is 0. The molecule has 0 atom stereocenters. The van der Waals surface area contributed by atoms with Gasteiger partial charge in [0.25, 0.3) is 0 Å². The van der Waals surface area contributed by atoms with Crippen molar-refractivity contribution in [3.05, 3.63) is 95.2 Å². The van der Waals surface area contributed by atoms with Gasteiger partial charge in [-0.1, -0.05) is 54.6 Å². The Morgan fingerprint density at radius 3 is 2.22 bits per heavy atom. The van der Waals surface area contributed by atoms with E-state index in [4.69, 9.17) is 4.74 Å². The lowest BCUT2D eigenvalue weighted by Crippen LogP contribution is -2.46. The van der Waals surface area contributed by atoms with Crippen LogP contribution in [-0.4, -0.2) is 48.1 Å². The Balaban J connectivity index is 1.32. The minimum atomic E-state index is -0.305. The molecule has 1 aromatic heterocycles. The molecule has 0 saturated carbocycles. The molecule has 1 aliphatic rings. The van der Waals surface area contributed by atoms with E-state index in [2.05, 4.69) is 69.4 Å². The van der Waals surface area contributed by atoms with Gasteiger partial charge in [-0.2, -0.15) is 0 Å². The van der Waals surface area contributed by atoms with Crippen molar-refractivity contribution in [2.24, 2.45) is 0 Å². The number of piperazine rings is 1. The fourth-order valence-electron chi connectivity index (χ4n) is 4.06. The second-order valence-corrected chi connectivity index (χ2v) is 8.57. The van der Waals surface area contributed by atoms with Gasteiger partial charge in [-0.3, -0.25) is 4.90 Å². The average Bonchev–Trinajstić information content (AvgIpc) is 2.81. The Bertz CT molecular complexity index is 1010. The standard InChI is InChI=1S/C27H31N3O2/c1-21(2)32-27(31)25-9-6-14-28-26(25)30-17-15-29(16-18-30)20-24-12-10-23(11-13-24)19-22-7-4-3-5-8-22/h3-14,21H,15-20H2,1-2H3. The number of esters is 1. The van der Waals surface area contributed by atoms with Crippen molar-refractivity contribution in [1.29, 1.82) is 0 Å². The molecule has 1 aliphatic heterocycles. The molecule has 1 fully saturated rings. The van der Waals surface area contributed by atoms with Crippen LogP contribution in [-0.2, 0) is 17.7 Å². The van der Waals surface area contributed by atoms with Gasteiger partial charge in [0.05, 0.1) is 6.10 Å². The third-order valence-corrected chi connectivity index (χ3v) is 5.70. The summed E-state index contributed by atoms with van der Waals surface area (Å²) in [5, 5.41) is 0. The Morgan fingerprint density at radius 2 is 1.53 bits per heavy atom. The van der Waals surface area contributed by atoms with E-state index in [0.29, 0.717) is 5.56 Å². The number of hydrogen-bond donors (Lipinski definition) is 0. The van der Waals surface area contributed by atoms with Crippen LogP contribution in [0.3, 0.4) is 0 Å². The summed E-state index contributed by atoms with van der Waals surface area (Å²) in [5.74, 6) is 0.421. The molecule has 5 heteroatoms. The lowest BCUT2D eigenvalue weighted by Gasteiger charge is -2.36. The van der Waals surface area contributed by atoms with Crippen LogP contribution in [0.15, 0.2) is 72.9 Å². The summed E-state index contributed by atoms with van der Waals surface area (Å²) in [5.41, 5.74) is 4.54. The van der Waals surface area contributed by atoms with Crippen LogP contribution >= 0.6 is 0 Å². The van der Waals surface area contributed by atoms with Crippen molar-refractivity contribution in [3.8, 4) is 0 Å². The molecule has 0 N–H and O–H groups in total. The fourth-order valence-corrected chi connectivity index (χ4v) is 4.06. The predicted molar refractivity (Wildman–Crippen MR) is 128 cm³/mol. The molecule has 5 nitrogen and oxygen atoms in total. The second kappa shape index (κ2) is 10.4. The van der Waals surface area contributed by atoms with Crippen molar-refractivity contribution in [2.45, 2.75) is 32.9 Å². The number of carbonyl (C=O) groups excluding carboxylic acids is 1. The van der Waals surface area contributed by atoms with Crippen LogP contribution in [0.25, 0.3) is 0 Å². The van der Waals surface area contributed by atoms with E-state index in [0.717, 1.165) is 45.0 Å². The predicted octanol–water partition coefficient (Wildman–Crippen LogP) is 4.56. The van der Waals surface area contributed by atoms with Gasteiger partial charge in [-0.15, -0.1) is 0 Å². The lowest BCUT2D eigenvalue weighted by molar-refractivity contribution is 0.0378. The van der Waals surface area contributed by atoms with Crippen molar-refractivity contribution in [1.82, 2.24) is 9.88 Å².